The van der Waals surface area contributed by atoms with Gasteiger partial charge in [-0.2, -0.15) is 0 Å². The van der Waals surface area contributed by atoms with Crippen LogP contribution in [0.2, 0.25) is 0 Å². The largest absolute Gasteiger partial charge is 0.472 e. The van der Waals surface area contributed by atoms with E-state index in [4.69, 9.17) is 37.0 Å². The summed E-state index contributed by atoms with van der Waals surface area (Å²) in [7, 11) is -9.90. The van der Waals surface area contributed by atoms with E-state index in [0.29, 0.717) is 31.6 Å². The molecule has 0 saturated heterocycles. The molecule has 3 N–H and O–H groups in total. The van der Waals surface area contributed by atoms with Crippen LogP contribution in [0.5, 0.6) is 0 Å². The number of ether oxygens (including phenoxy) is 4. The molecule has 0 aliphatic carbocycles. The van der Waals surface area contributed by atoms with Crippen LogP contribution in [0.1, 0.15) is 363 Å². The third kappa shape index (κ3) is 64.8. The summed E-state index contributed by atoms with van der Waals surface area (Å²) in [4.78, 5) is 72.6. The van der Waals surface area contributed by atoms with Gasteiger partial charge in [0.15, 0.2) is 12.2 Å². The van der Waals surface area contributed by atoms with Crippen LogP contribution in [0.25, 0.3) is 0 Å². The van der Waals surface area contributed by atoms with Crippen molar-refractivity contribution in [2.75, 3.05) is 39.6 Å². The summed E-state index contributed by atoms with van der Waals surface area (Å²) < 4.78 is 68.3. The van der Waals surface area contributed by atoms with E-state index in [0.717, 1.165) is 102 Å². The fourth-order valence-corrected chi connectivity index (χ4v) is 12.3. The lowest BCUT2D eigenvalue weighted by Gasteiger charge is -2.21. The van der Waals surface area contributed by atoms with E-state index in [2.05, 4.69) is 41.5 Å². The van der Waals surface area contributed by atoms with Crippen molar-refractivity contribution in [3.63, 3.8) is 0 Å². The number of esters is 4. The number of phosphoric acid groups is 2. The van der Waals surface area contributed by atoms with Crippen molar-refractivity contribution in [1.29, 1.82) is 0 Å². The van der Waals surface area contributed by atoms with Crippen molar-refractivity contribution in [2.24, 2.45) is 11.8 Å². The maximum Gasteiger partial charge on any atom is 0.472 e. The number of aliphatic hydroxyl groups is 1. The Bertz CT molecular complexity index is 1750. The van der Waals surface area contributed by atoms with Crippen LogP contribution >= 0.6 is 15.6 Å². The molecular formula is C71H138O17P2. The molecule has 0 aromatic carbocycles. The van der Waals surface area contributed by atoms with Crippen molar-refractivity contribution >= 4 is 39.5 Å². The lowest BCUT2D eigenvalue weighted by molar-refractivity contribution is -0.161. The van der Waals surface area contributed by atoms with Gasteiger partial charge < -0.3 is 33.8 Å². The van der Waals surface area contributed by atoms with Crippen LogP contribution in [0.4, 0.5) is 0 Å². The molecule has 534 valence electrons. The highest BCUT2D eigenvalue weighted by atomic mass is 31.2. The Morgan fingerprint density at radius 1 is 0.300 bits per heavy atom. The molecule has 2 unspecified atom stereocenters. The highest BCUT2D eigenvalue weighted by Crippen LogP contribution is 2.45. The maximum atomic E-state index is 13.0. The first-order chi connectivity index (χ1) is 43.4. The van der Waals surface area contributed by atoms with Gasteiger partial charge in [0.2, 0.25) is 0 Å². The van der Waals surface area contributed by atoms with Crippen LogP contribution in [-0.2, 0) is 65.4 Å². The van der Waals surface area contributed by atoms with Crippen LogP contribution in [-0.4, -0.2) is 96.7 Å². The van der Waals surface area contributed by atoms with Gasteiger partial charge in [-0.1, -0.05) is 311 Å². The molecule has 0 aliphatic heterocycles. The van der Waals surface area contributed by atoms with Gasteiger partial charge in [0.05, 0.1) is 26.4 Å². The Hall–Kier alpha value is -1.94. The zero-order chi connectivity index (χ0) is 66.5. The van der Waals surface area contributed by atoms with E-state index in [1.165, 1.54) is 173 Å². The molecule has 90 heavy (non-hydrogen) atoms. The third-order valence-corrected chi connectivity index (χ3v) is 18.4. The first kappa shape index (κ1) is 88.1. The first-order valence-electron chi connectivity index (χ1n) is 37.0. The summed E-state index contributed by atoms with van der Waals surface area (Å²) in [5, 5.41) is 10.6. The van der Waals surface area contributed by atoms with Crippen molar-refractivity contribution in [3.05, 3.63) is 0 Å². The molecule has 0 heterocycles. The average Bonchev–Trinajstić information content (AvgIpc) is 2.46. The van der Waals surface area contributed by atoms with Crippen molar-refractivity contribution in [2.45, 2.75) is 381 Å². The molecule has 0 rings (SSSR count). The first-order valence-corrected chi connectivity index (χ1v) is 40.0. The minimum atomic E-state index is -4.95. The number of rotatable bonds is 70. The fourth-order valence-electron chi connectivity index (χ4n) is 10.8. The van der Waals surface area contributed by atoms with Crippen LogP contribution in [0.15, 0.2) is 0 Å². The van der Waals surface area contributed by atoms with Gasteiger partial charge in [-0.15, -0.1) is 0 Å². The maximum absolute atomic E-state index is 13.0. The predicted octanol–water partition coefficient (Wildman–Crippen LogP) is 20.4. The van der Waals surface area contributed by atoms with Crippen molar-refractivity contribution in [3.8, 4) is 0 Å². The fraction of sp³-hybridized carbons (Fsp3) is 0.944. The normalized spacial score (nSPS) is 14.1. The molecule has 0 spiro atoms. The second-order valence-corrected chi connectivity index (χ2v) is 29.5. The van der Waals surface area contributed by atoms with E-state index in [1.54, 1.807) is 0 Å². The summed E-state index contributed by atoms with van der Waals surface area (Å²) in [6.07, 6.45) is 48.6. The smallest absolute Gasteiger partial charge is 0.462 e. The second kappa shape index (κ2) is 63.1. The summed E-state index contributed by atoms with van der Waals surface area (Å²) in [6, 6.07) is 0. The SMILES string of the molecule is CCCCCCCCCCCCCCCCCC(=O)O[C@H](COC(=O)CCCCCCCCCCCCCCCC)COP(=O)(O)OC[C@@H](O)COP(=O)(O)OC[C@@H](COC(=O)CCCCCCCCCC(C)C)OC(=O)CCCCCCCCCCC(C)C. The van der Waals surface area contributed by atoms with Gasteiger partial charge >= 0.3 is 39.5 Å². The van der Waals surface area contributed by atoms with Gasteiger partial charge in [-0.25, -0.2) is 9.13 Å². The molecule has 0 saturated carbocycles. The summed E-state index contributed by atoms with van der Waals surface area (Å²) in [6.45, 7) is 9.47. The molecular weight excluding hydrogens is 1190 g/mol. The Morgan fingerprint density at radius 3 is 0.756 bits per heavy atom. The lowest BCUT2D eigenvalue weighted by Crippen LogP contribution is -2.30. The van der Waals surface area contributed by atoms with E-state index in [-0.39, 0.29) is 25.7 Å². The van der Waals surface area contributed by atoms with E-state index < -0.39 is 97.5 Å². The lowest BCUT2D eigenvalue weighted by atomic mass is 10.0. The number of hydrogen-bond donors (Lipinski definition) is 3. The molecule has 17 nitrogen and oxygen atoms in total. The van der Waals surface area contributed by atoms with Gasteiger partial charge in [0.1, 0.15) is 19.3 Å². The average molecular weight is 1330 g/mol. The van der Waals surface area contributed by atoms with E-state index in [1.807, 2.05) is 0 Å². The van der Waals surface area contributed by atoms with Gasteiger partial charge in [0, 0.05) is 25.7 Å². The van der Waals surface area contributed by atoms with Crippen molar-refractivity contribution in [1.82, 2.24) is 0 Å². The summed E-state index contributed by atoms with van der Waals surface area (Å²) >= 11 is 0. The highest BCUT2D eigenvalue weighted by Gasteiger charge is 2.30. The molecule has 19 heteroatoms. The zero-order valence-corrected chi connectivity index (χ0v) is 60.2. The number of carbonyl (C=O) groups is 4. The van der Waals surface area contributed by atoms with Crippen LogP contribution in [0, 0.1) is 11.8 Å². The van der Waals surface area contributed by atoms with Gasteiger partial charge in [-0.05, 0) is 37.5 Å². The Labute approximate surface area is 549 Å². The number of carbonyl (C=O) groups excluding carboxylic acids is 4. The van der Waals surface area contributed by atoms with E-state index >= 15 is 0 Å². The number of aliphatic hydroxyl groups excluding tert-OH is 1. The quantitative estimate of drug-likeness (QED) is 0.0222. The molecule has 0 radical (unpaired) electrons. The third-order valence-electron chi connectivity index (χ3n) is 16.5. The standard InChI is InChI=1S/C71H138O17P2/c1-7-9-11-13-15-17-19-21-23-25-27-29-36-43-49-55-70(75)87-66(59-81-68(73)53-47-41-35-28-26-24-22-20-18-16-14-12-10-8-2)61-85-89(77,78)83-57-65(72)58-84-90(79,80)86-62-67(60-82-69(74)54-48-42-38-32-34-40-46-52-64(5)6)88-71(76)56-50-44-37-31-30-33-39-45-51-63(3)4/h63-67,72H,7-62H2,1-6H3,(H,77,78)(H,79,80)/t65-,66-,67-/m1/s1. The number of unbranched alkanes of at least 4 members (excludes halogenated alkanes) is 40. The van der Waals surface area contributed by atoms with Gasteiger partial charge in [-0.3, -0.25) is 37.3 Å². The predicted molar refractivity (Wildman–Crippen MR) is 363 cm³/mol. The number of phosphoric ester groups is 2. The topological polar surface area (TPSA) is 237 Å². The molecule has 0 bridgehead atoms. The second-order valence-electron chi connectivity index (χ2n) is 26.6. The molecule has 0 aromatic rings. The molecule has 0 aliphatic rings. The summed E-state index contributed by atoms with van der Waals surface area (Å²) in [5.41, 5.74) is 0. The molecule has 0 fully saturated rings. The van der Waals surface area contributed by atoms with Crippen LogP contribution in [0.3, 0.4) is 0 Å². The summed E-state index contributed by atoms with van der Waals surface area (Å²) in [5.74, 6) is -0.700. The van der Waals surface area contributed by atoms with E-state index in [9.17, 15) is 43.2 Å². The monoisotopic (exact) mass is 1320 g/mol. The van der Waals surface area contributed by atoms with Crippen molar-refractivity contribution < 1.29 is 80.2 Å². The zero-order valence-electron chi connectivity index (χ0n) is 58.4. The number of hydrogen-bond acceptors (Lipinski definition) is 15. The molecule has 5 atom stereocenters. The molecule has 0 amide bonds. The highest BCUT2D eigenvalue weighted by molar-refractivity contribution is 7.47. The minimum Gasteiger partial charge on any atom is -0.462 e. The minimum absolute atomic E-state index is 0.104. The Balaban J connectivity index is 5.25. The van der Waals surface area contributed by atoms with Crippen LogP contribution < -0.4 is 0 Å². The Morgan fingerprint density at radius 2 is 0.511 bits per heavy atom. The molecule has 0 aromatic heterocycles. The Kier molecular flexibility index (Phi) is 61.8. The van der Waals surface area contributed by atoms with Gasteiger partial charge in [0.25, 0.3) is 0 Å².